The molecule has 0 fully saturated rings. The third-order valence-electron chi connectivity index (χ3n) is 5.81. The molecule has 1 aromatic heterocycles. The van der Waals surface area contributed by atoms with E-state index in [4.69, 9.17) is 9.72 Å². The third kappa shape index (κ3) is 3.78. The maximum absolute atomic E-state index is 5.61. The number of aromatic amines is 1. The molecule has 0 aliphatic heterocycles. The number of methoxy groups -OCH3 is 1. The van der Waals surface area contributed by atoms with Crippen LogP contribution >= 0.6 is 0 Å². The summed E-state index contributed by atoms with van der Waals surface area (Å²) in [7, 11) is 1.70. The van der Waals surface area contributed by atoms with Gasteiger partial charge in [-0.25, -0.2) is 4.98 Å². The summed E-state index contributed by atoms with van der Waals surface area (Å²) in [5, 5.41) is 6.24. The van der Waals surface area contributed by atoms with Crippen molar-refractivity contribution in [3.63, 3.8) is 0 Å². The molecule has 0 saturated heterocycles. The van der Waals surface area contributed by atoms with Gasteiger partial charge >= 0.3 is 0 Å². The van der Waals surface area contributed by atoms with Gasteiger partial charge < -0.3 is 15.0 Å². The number of hydrogen-bond acceptors (Lipinski definition) is 3. The van der Waals surface area contributed by atoms with Gasteiger partial charge in [0.05, 0.1) is 23.7 Å². The van der Waals surface area contributed by atoms with Crippen LogP contribution in [0.25, 0.3) is 33.2 Å². The molecular formula is C27H25N3O. The Bertz CT molecular complexity index is 1320. The number of nitrogens with zero attached hydrogens (tertiary/aromatic N) is 1. The van der Waals surface area contributed by atoms with Crippen molar-refractivity contribution < 1.29 is 4.74 Å². The second kappa shape index (κ2) is 8.25. The van der Waals surface area contributed by atoms with Gasteiger partial charge in [0.15, 0.2) is 0 Å². The number of para-hydroxylation sites is 2. The van der Waals surface area contributed by atoms with Crippen molar-refractivity contribution in [1.29, 1.82) is 0 Å². The second-order valence-corrected chi connectivity index (χ2v) is 7.81. The summed E-state index contributed by atoms with van der Waals surface area (Å²) < 4.78 is 5.61. The summed E-state index contributed by atoms with van der Waals surface area (Å²) in [5.41, 5.74) is 5.43. The number of hydrogen-bond donors (Lipinski definition) is 2. The first-order chi connectivity index (χ1) is 15.2. The van der Waals surface area contributed by atoms with Crippen molar-refractivity contribution in [3.8, 4) is 17.1 Å². The SMILES string of the molecule is COc1ccc(CN[C@H](C)c2cccc3ccccc23)cc1-c1nc2ccccc2[nH]1. The number of ether oxygens (including phenoxy) is 1. The van der Waals surface area contributed by atoms with E-state index in [1.165, 1.54) is 21.9 Å². The summed E-state index contributed by atoms with van der Waals surface area (Å²) >= 11 is 0. The molecule has 31 heavy (non-hydrogen) atoms. The third-order valence-corrected chi connectivity index (χ3v) is 5.81. The highest BCUT2D eigenvalue weighted by Gasteiger charge is 2.13. The molecule has 4 heteroatoms. The Hall–Kier alpha value is -3.63. The molecule has 154 valence electrons. The fraction of sp³-hybridized carbons (Fsp3) is 0.148. The van der Waals surface area contributed by atoms with Gasteiger partial charge in [-0.05, 0) is 53.1 Å². The van der Waals surface area contributed by atoms with Gasteiger partial charge in [-0.2, -0.15) is 0 Å². The van der Waals surface area contributed by atoms with Crippen molar-refractivity contribution >= 4 is 21.8 Å². The molecule has 0 saturated carbocycles. The van der Waals surface area contributed by atoms with E-state index < -0.39 is 0 Å². The molecule has 4 aromatic carbocycles. The second-order valence-electron chi connectivity index (χ2n) is 7.81. The first-order valence-electron chi connectivity index (χ1n) is 10.6. The number of nitrogens with one attached hydrogen (secondary N) is 2. The van der Waals surface area contributed by atoms with Crippen LogP contribution in [0.2, 0.25) is 0 Å². The first-order valence-corrected chi connectivity index (χ1v) is 10.6. The summed E-state index contributed by atoms with van der Waals surface area (Å²) in [6.45, 7) is 2.97. The number of imidazole rings is 1. The zero-order valence-corrected chi connectivity index (χ0v) is 17.7. The topological polar surface area (TPSA) is 49.9 Å². The van der Waals surface area contributed by atoms with E-state index in [2.05, 4.69) is 71.8 Å². The number of fused-ring (bicyclic) bond motifs is 2. The van der Waals surface area contributed by atoms with Crippen molar-refractivity contribution in [1.82, 2.24) is 15.3 Å². The Morgan fingerprint density at radius 2 is 1.74 bits per heavy atom. The number of benzene rings is 4. The predicted molar refractivity (Wildman–Crippen MR) is 127 cm³/mol. The first kappa shape index (κ1) is 19.3. The minimum atomic E-state index is 0.225. The van der Waals surface area contributed by atoms with Crippen molar-refractivity contribution in [3.05, 3.63) is 96.1 Å². The van der Waals surface area contributed by atoms with Crippen LogP contribution in [0, 0.1) is 0 Å². The molecule has 0 unspecified atom stereocenters. The van der Waals surface area contributed by atoms with E-state index in [9.17, 15) is 0 Å². The van der Waals surface area contributed by atoms with Crippen LogP contribution in [-0.4, -0.2) is 17.1 Å². The van der Waals surface area contributed by atoms with Crippen LogP contribution in [-0.2, 0) is 6.54 Å². The summed E-state index contributed by atoms with van der Waals surface area (Å²) in [6.07, 6.45) is 0. The summed E-state index contributed by atoms with van der Waals surface area (Å²) in [4.78, 5) is 8.17. The maximum Gasteiger partial charge on any atom is 0.142 e. The van der Waals surface area contributed by atoms with Gasteiger partial charge in [0.25, 0.3) is 0 Å². The van der Waals surface area contributed by atoms with Crippen LogP contribution in [0.5, 0.6) is 5.75 Å². The van der Waals surface area contributed by atoms with Crippen LogP contribution in [0.15, 0.2) is 84.9 Å². The Kier molecular flexibility index (Phi) is 5.14. The monoisotopic (exact) mass is 407 g/mol. The maximum atomic E-state index is 5.61. The van der Waals surface area contributed by atoms with Gasteiger partial charge in [0.2, 0.25) is 0 Å². The van der Waals surface area contributed by atoms with Crippen LogP contribution < -0.4 is 10.1 Å². The van der Waals surface area contributed by atoms with Gasteiger partial charge in [0, 0.05) is 12.6 Å². The van der Waals surface area contributed by atoms with E-state index in [0.29, 0.717) is 0 Å². The molecule has 0 spiro atoms. The van der Waals surface area contributed by atoms with E-state index >= 15 is 0 Å². The smallest absolute Gasteiger partial charge is 0.142 e. The van der Waals surface area contributed by atoms with Gasteiger partial charge in [-0.1, -0.05) is 60.7 Å². The van der Waals surface area contributed by atoms with Crippen molar-refractivity contribution in [2.45, 2.75) is 19.5 Å². The number of H-pyrrole nitrogens is 1. The highest BCUT2D eigenvalue weighted by Crippen LogP contribution is 2.31. The molecule has 1 atom stereocenters. The molecule has 4 nitrogen and oxygen atoms in total. The molecule has 2 N–H and O–H groups in total. The lowest BCUT2D eigenvalue weighted by molar-refractivity contribution is 0.416. The average molecular weight is 408 g/mol. The Balaban J connectivity index is 1.41. The Labute approximate surface area is 181 Å². The molecule has 0 aliphatic rings. The molecular weight excluding hydrogens is 382 g/mol. The normalized spacial score (nSPS) is 12.3. The molecule has 0 aliphatic carbocycles. The van der Waals surface area contributed by atoms with E-state index in [-0.39, 0.29) is 6.04 Å². The fourth-order valence-electron chi connectivity index (χ4n) is 4.14. The zero-order valence-electron chi connectivity index (χ0n) is 17.7. The van der Waals surface area contributed by atoms with Crippen LogP contribution in [0.3, 0.4) is 0 Å². The zero-order chi connectivity index (χ0) is 21.2. The standard InChI is InChI=1S/C27H25N3O/c1-18(21-11-7-9-20-8-3-4-10-22(20)21)28-17-19-14-15-26(31-2)23(16-19)27-29-24-12-5-6-13-25(24)30-27/h3-16,18,28H,17H2,1-2H3,(H,29,30)/t18-/m1/s1. The van der Waals surface area contributed by atoms with Crippen LogP contribution in [0.4, 0.5) is 0 Å². The average Bonchev–Trinajstić information content (AvgIpc) is 3.26. The molecule has 1 heterocycles. The van der Waals surface area contributed by atoms with E-state index in [1.807, 2.05) is 30.3 Å². The number of rotatable bonds is 6. The molecule has 5 rings (SSSR count). The largest absolute Gasteiger partial charge is 0.496 e. The minimum Gasteiger partial charge on any atom is -0.496 e. The predicted octanol–water partition coefficient (Wildman–Crippen LogP) is 6.24. The molecule has 0 amide bonds. The number of aromatic nitrogens is 2. The molecule has 0 radical (unpaired) electrons. The lowest BCUT2D eigenvalue weighted by Crippen LogP contribution is -2.18. The van der Waals surface area contributed by atoms with E-state index in [0.717, 1.165) is 34.7 Å². The quantitative estimate of drug-likeness (QED) is 0.350. The highest BCUT2D eigenvalue weighted by molar-refractivity contribution is 5.86. The molecule has 5 aromatic rings. The summed E-state index contributed by atoms with van der Waals surface area (Å²) in [6, 6.07) is 29.6. The van der Waals surface area contributed by atoms with Gasteiger partial charge in [-0.3, -0.25) is 0 Å². The van der Waals surface area contributed by atoms with Crippen molar-refractivity contribution in [2.24, 2.45) is 0 Å². The Morgan fingerprint density at radius 1 is 0.935 bits per heavy atom. The lowest BCUT2D eigenvalue weighted by atomic mass is 9.99. The van der Waals surface area contributed by atoms with Crippen LogP contribution in [0.1, 0.15) is 24.1 Å². The van der Waals surface area contributed by atoms with Gasteiger partial charge in [0.1, 0.15) is 11.6 Å². The van der Waals surface area contributed by atoms with Gasteiger partial charge in [-0.15, -0.1) is 0 Å². The van der Waals surface area contributed by atoms with Crippen molar-refractivity contribution in [2.75, 3.05) is 7.11 Å². The highest BCUT2D eigenvalue weighted by atomic mass is 16.5. The lowest BCUT2D eigenvalue weighted by Gasteiger charge is -2.17. The minimum absolute atomic E-state index is 0.225. The Morgan fingerprint density at radius 3 is 2.61 bits per heavy atom. The van der Waals surface area contributed by atoms with E-state index in [1.54, 1.807) is 7.11 Å². The molecule has 0 bridgehead atoms. The fourth-order valence-corrected chi connectivity index (χ4v) is 4.14. The summed E-state index contributed by atoms with van der Waals surface area (Å²) in [5.74, 6) is 1.63.